The van der Waals surface area contributed by atoms with Gasteiger partial charge in [-0.3, -0.25) is 0 Å². The van der Waals surface area contributed by atoms with E-state index < -0.39 is 5.82 Å². The zero-order valence-corrected chi connectivity index (χ0v) is 6.55. The van der Waals surface area contributed by atoms with E-state index in [1.165, 1.54) is 23.0 Å². The van der Waals surface area contributed by atoms with Gasteiger partial charge in [0.1, 0.15) is 0 Å². The van der Waals surface area contributed by atoms with Crippen molar-refractivity contribution in [2.45, 2.75) is 0 Å². The Morgan fingerprint density at radius 3 is 2.85 bits per heavy atom. The maximum absolute atomic E-state index is 12.9. The molecule has 0 amide bonds. The van der Waals surface area contributed by atoms with E-state index in [1.54, 1.807) is 12.3 Å². The molecule has 0 aliphatic heterocycles. The molecule has 2 rings (SSSR count). The van der Waals surface area contributed by atoms with Crippen molar-refractivity contribution in [1.29, 1.82) is 0 Å². The number of rotatable bonds is 1. The van der Waals surface area contributed by atoms with Gasteiger partial charge in [-0.05, 0) is 12.1 Å². The maximum Gasteiger partial charge on any atom is 0.166 e. The number of aromatic hydroxyl groups is 1. The van der Waals surface area contributed by atoms with Crippen molar-refractivity contribution >= 4 is 0 Å². The molecule has 1 aromatic carbocycles. The van der Waals surface area contributed by atoms with Crippen LogP contribution >= 0.6 is 0 Å². The average Bonchev–Trinajstić information content (AvgIpc) is 2.62. The molecule has 0 spiro atoms. The molecule has 4 nitrogen and oxygen atoms in total. The standard InChI is InChI=1S/C8H6FN3O/c9-7-5-6(1-2-8(7)13)12-4-3-10-11-12/h1-5,13H. The molecular formula is C8H6FN3O. The Morgan fingerprint density at radius 1 is 1.38 bits per heavy atom. The molecule has 0 fully saturated rings. The minimum Gasteiger partial charge on any atom is -0.505 e. The van der Waals surface area contributed by atoms with Gasteiger partial charge in [-0.15, -0.1) is 5.10 Å². The molecule has 66 valence electrons. The molecule has 0 saturated heterocycles. The van der Waals surface area contributed by atoms with Crippen molar-refractivity contribution in [1.82, 2.24) is 15.0 Å². The van der Waals surface area contributed by atoms with Gasteiger partial charge in [0, 0.05) is 6.07 Å². The van der Waals surface area contributed by atoms with Gasteiger partial charge in [0.2, 0.25) is 0 Å². The molecule has 0 radical (unpaired) electrons. The fourth-order valence-electron chi connectivity index (χ4n) is 0.984. The molecule has 2 aromatic rings. The van der Waals surface area contributed by atoms with Crippen LogP contribution in [0.25, 0.3) is 5.69 Å². The number of halogens is 1. The molecular weight excluding hydrogens is 173 g/mol. The van der Waals surface area contributed by atoms with E-state index in [0.717, 1.165) is 0 Å². The van der Waals surface area contributed by atoms with Crippen molar-refractivity contribution in [2.24, 2.45) is 0 Å². The number of benzene rings is 1. The van der Waals surface area contributed by atoms with E-state index in [4.69, 9.17) is 5.11 Å². The topological polar surface area (TPSA) is 50.9 Å². The molecule has 0 aliphatic rings. The highest BCUT2D eigenvalue weighted by Gasteiger charge is 2.02. The van der Waals surface area contributed by atoms with Crippen LogP contribution in [0.15, 0.2) is 30.6 Å². The first-order valence-corrected chi connectivity index (χ1v) is 3.62. The smallest absolute Gasteiger partial charge is 0.166 e. The van der Waals surface area contributed by atoms with Crippen LogP contribution in [0.3, 0.4) is 0 Å². The fourth-order valence-corrected chi connectivity index (χ4v) is 0.984. The van der Waals surface area contributed by atoms with Crippen molar-refractivity contribution in [3.8, 4) is 11.4 Å². The lowest BCUT2D eigenvalue weighted by atomic mass is 10.3. The van der Waals surface area contributed by atoms with Gasteiger partial charge in [0.25, 0.3) is 0 Å². The minimum absolute atomic E-state index is 0.371. The van der Waals surface area contributed by atoms with Crippen molar-refractivity contribution in [3.63, 3.8) is 0 Å². The first-order valence-electron chi connectivity index (χ1n) is 3.62. The third-order valence-electron chi connectivity index (χ3n) is 1.62. The molecule has 1 aromatic heterocycles. The lowest BCUT2D eigenvalue weighted by Crippen LogP contribution is -1.95. The molecule has 13 heavy (non-hydrogen) atoms. The van der Waals surface area contributed by atoms with Gasteiger partial charge >= 0.3 is 0 Å². The average molecular weight is 179 g/mol. The largest absolute Gasteiger partial charge is 0.505 e. The molecule has 0 bridgehead atoms. The summed E-state index contributed by atoms with van der Waals surface area (Å²) in [5.74, 6) is -1.04. The third kappa shape index (κ3) is 1.35. The normalized spacial score (nSPS) is 10.2. The Hall–Kier alpha value is -1.91. The zero-order valence-electron chi connectivity index (χ0n) is 6.55. The second-order valence-electron chi connectivity index (χ2n) is 2.48. The summed E-state index contributed by atoms with van der Waals surface area (Å²) in [4.78, 5) is 0. The summed E-state index contributed by atoms with van der Waals surface area (Å²) in [6, 6.07) is 4.00. The van der Waals surface area contributed by atoms with Gasteiger partial charge < -0.3 is 5.11 Å². The Balaban J connectivity index is 2.49. The summed E-state index contributed by atoms with van der Waals surface area (Å²) in [7, 11) is 0. The number of phenolic OH excluding ortho intramolecular Hbond substituents is 1. The Labute approximate surface area is 73.2 Å². The highest BCUT2D eigenvalue weighted by molar-refractivity contribution is 5.36. The first kappa shape index (κ1) is 7.72. The molecule has 0 saturated carbocycles. The lowest BCUT2D eigenvalue weighted by Gasteiger charge is -2.00. The Kier molecular flexibility index (Phi) is 1.70. The molecule has 0 unspecified atom stereocenters. The summed E-state index contributed by atoms with van der Waals surface area (Å²) < 4.78 is 14.3. The van der Waals surface area contributed by atoms with Gasteiger partial charge in [0.05, 0.1) is 18.1 Å². The summed E-state index contributed by atoms with van der Waals surface area (Å²) >= 11 is 0. The van der Waals surface area contributed by atoms with Crippen molar-refractivity contribution in [2.75, 3.05) is 0 Å². The van der Waals surface area contributed by atoms with E-state index in [1.807, 2.05) is 0 Å². The summed E-state index contributed by atoms with van der Waals surface area (Å²) in [6.07, 6.45) is 3.08. The monoisotopic (exact) mass is 179 g/mol. The van der Waals surface area contributed by atoms with Gasteiger partial charge in [-0.1, -0.05) is 5.21 Å². The van der Waals surface area contributed by atoms with Gasteiger partial charge in [-0.25, -0.2) is 9.07 Å². The van der Waals surface area contributed by atoms with E-state index in [-0.39, 0.29) is 5.75 Å². The van der Waals surface area contributed by atoms with Crippen LogP contribution in [-0.4, -0.2) is 20.1 Å². The zero-order chi connectivity index (χ0) is 9.26. The van der Waals surface area contributed by atoms with Crippen molar-refractivity contribution < 1.29 is 9.50 Å². The quantitative estimate of drug-likeness (QED) is 0.713. The summed E-state index contributed by atoms with van der Waals surface area (Å²) in [5, 5.41) is 16.2. The number of hydrogen-bond acceptors (Lipinski definition) is 3. The lowest BCUT2D eigenvalue weighted by molar-refractivity contribution is 0.432. The van der Waals surface area contributed by atoms with Crippen LogP contribution in [0.4, 0.5) is 4.39 Å². The van der Waals surface area contributed by atoms with E-state index >= 15 is 0 Å². The van der Waals surface area contributed by atoms with Crippen LogP contribution in [0.5, 0.6) is 5.75 Å². The first-order chi connectivity index (χ1) is 6.27. The van der Waals surface area contributed by atoms with Gasteiger partial charge in [-0.2, -0.15) is 0 Å². The number of aromatic nitrogens is 3. The predicted octanol–water partition coefficient (Wildman–Crippen LogP) is 1.11. The second-order valence-corrected chi connectivity index (χ2v) is 2.48. The van der Waals surface area contributed by atoms with Crippen LogP contribution in [0.1, 0.15) is 0 Å². The van der Waals surface area contributed by atoms with Crippen LogP contribution in [-0.2, 0) is 0 Å². The SMILES string of the molecule is Oc1ccc(-n2ccnn2)cc1F. The van der Waals surface area contributed by atoms with Crippen LogP contribution in [0, 0.1) is 5.82 Å². The molecule has 5 heteroatoms. The fraction of sp³-hybridized carbons (Fsp3) is 0. The minimum atomic E-state index is -0.673. The highest BCUT2D eigenvalue weighted by atomic mass is 19.1. The summed E-state index contributed by atoms with van der Waals surface area (Å²) in [5.41, 5.74) is 0.521. The number of phenols is 1. The molecule has 1 N–H and O–H groups in total. The molecule has 0 atom stereocenters. The molecule has 0 aliphatic carbocycles. The Morgan fingerprint density at radius 2 is 2.23 bits per heavy atom. The van der Waals surface area contributed by atoms with Crippen molar-refractivity contribution in [3.05, 3.63) is 36.4 Å². The van der Waals surface area contributed by atoms with Crippen LogP contribution in [0.2, 0.25) is 0 Å². The Bertz CT molecular complexity index is 413. The summed E-state index contributed by atoms with van der Waals surface area (Å²) in [6.45, 7) is 0. The highest BCUT2D eigenvalue weighted by Crippen LogP contribution is 2.17. The van der Waals surface area contributed by atoms with Crippen LogP contribution < -0.4 is 0 Å². The molecule has 1 heterocycles. The number of nitrogens with zero attached hydrogens (tertiary/aromatic N) is 3. The third-order valence-corrected chi connectivity index (χ3v) is 1.62. The maximum atomic E-state index is 12.9. The van der Waals surface area contributed by atoms with E-state index in [9.17, 15) is 4.39 Å². The van der Waals surface area contributed by atoms with E-state index in [2.05, 4.69) is 10.3 Å². The second kappa shape index (κ2) is 2.85. The van der Waals surface area contributed by atoms with E-state index in [0.29, 0.717) is 5.69 Å². The van der Waals surface area contributed by atoms with Gasteiger partial charge in [0.15, 0.2) is 11.6 Å². The number of hydrogen-bond donors (Lipinski definition) is 1. The predicted molar refractivity (Wildman–Crippen MR) is 43.0 cm³/mol.